The van der Waals surface area contributed by atoms with Gasteiger partial charge in [0.05, 0.1) is 0 Å². The molecule has 8 nitrogen and oxygen atoms in total. The van der Waals surface area contributed by atoms with Crippen LogP contribution in [0.1, 0.15) is 0 Å². The number of hydrogen-bond donors (Lipinski definition) is 1. The third-order valence-electron chi connectivity index (χ3n) is 0.167. The van der Waals surface area contributed by atoms with Crippen LogP contribution in [0.15, 0.2) is 0 Å². The summed E-state index contributed by atoms with van der Waals surface area (Å²) in [4.78, 5) is 0. The minimum atomic E-state index is -6.07. The van der Waals surface area contributed by atoms with E-state index in [-0.39, 0.29) is 35.7 Å². The topological polar surface area (TPSA) is 160 Å². The standard InChI is InChI=1S/2Cr.H3N.Na.7O/h;;1H3;;;;;;;;/q;;;+1;;;;;;2*-1/p+1. The third kappa shape index (κ3) is 18.2. The maximum absolute atomic E-state index is 9.38. The van der Waals surface area contributed by atoms with Crippen molar-refractivity contribution in [3.05, 3.63) is 0 Å². The van der Waals surface area contributed by atoms with Gasteiger partial charge in [-0.2, -0.15) is 0 Å². The molecular weight excluding hydrogens is 253 g/mol. The van der Waals surface area contributed by atoms with Crippen LogP contribution in [-0.4, -0.2) is 0 Å². The number of rotatable bonds is 2. The van der Waals surface area contributed by atoms with E-state index in [9.17, 15) is 23.5 Å². The molecule has 0 aliphatic rings. The van der Waals surface area contributed by atoms with Gasteiger partial charge in [-0.25, -0.2) is 0 Å². The van der Waals surface area contributed by atoms with Crippen LogP contribution >= 0.6 is 0 Å². The van der Waals surface area contributed by atoms with Gasteiger partial charge in [0, 0.05) is 0 Å². The van der Waals surface area contributed by atoms with Gasteiger partial charge in [-0.15, -0.1) is 0 Å². The molecule has 0 bridgehead atoms. The Morgan fingerprint density at radius 2 is 1.09 bits per heavy atom. The average molecular weight is 257 g/mol. The van der Waals surface area contributed by atoms with Crippen molar-refractivity contribution in [2.75, 3.05) is 0 Å². The summed E-state index contributed by atoms with van der Waals surface area (Å²) in [5.74, 6) is 0. The molecule has 0 aromatic rings. The van der Waals surface area contributed by atoms with Gasteiger partial charge in [0.1, 0.15) is 0 Å². The summed E-state index contributed by atoms with van der Waals surface area (Å²) < 4.78 is 58.9. The Labute approximate surface area is 88.6 Å². The normalized spacial score (nSPS) is 11.1. The first-order valence-corrected chi connectivity index (χ1v) is 5.50. The summed E-state index contributed by atoms with van der Waals surface area (Å²) in [6.45, 7) is 0. The molecule has 0 aliphatic heterocycles. The second kappa shape index (κ2) is 5.70. The van der Waals surface area contributed by atoms with Crippen molar-refractivity contribution in [2.45, 2.75) is 0 Å². The molecule has 0 unspecified atom stereocenters. The molecule has 0 amide bonds. The summed E-state index contributed by atoms with van der Waals surface area (Å²) >= 11 is -12.1. The van der Waals surface area contributed by atoms with E-state index in [0.29, 0.717) is 0 Å². The molecule has 0 aromatic heterocycles. The fourth-order valence-corrected chi connectivity index (χ4v) is 1.74. The van der Waals surface area contributed by atoms with E-state index in [0.717, 1.165) is 0 Å². The van der Waals surface area contributed by atoms with Gasteiger partial charge in [0.25, 0.3) is 0 Å². The van der Waals surface area contributed by atoms with Crippen LogP contribution in [0.4, 0.5) is 0 Å². The monoisotopic (exact) mass is 257 g/mol. The first-order chi connectivity index (χ1) is 3.71. The Hall–Kier alpha value is 1.10. The molecule has 0 saturated carbocycles. The predicted molar refractivity (Wildman–Crippen MR) is 9.82 cm³/mol. The summed E-state index contributed by atoms with van der Waals surface area (Å²) in [5.41, 5.74) is 0. The Morgan fingerprint density at radius 1 is 0.909 bits per heavy atom. The summed E-state index contributed by atoms with van der Waals surface area (Å²) in [5, 5.41) is 0. The Kier molecular flexibility index (Phi) is 9.33. The zero-order chi connectivity index (χ0) is 7.71. The van der Waals surface area contributed by atoms with Gasteiger partial charge in [-0.05, 0) is 0 Å². The van der Waals surface area contributed by atoms with Crippen molar-refractivity contribution in [1.29, 1.82) is 0 Å². The maximum atomic E-state index is 9.38. The molecule has 0 fully saturated rings. The molecule has 4 N–H and O–H groups in total. The van der Waals surface area contributed by atoms with Crippen LogP contribution in [0, 0.1) is 0 Å². The summed E-state index contributed by atoms with van der Waals surface area (Å²) in [6, 6.07) is 0. The van der Waals surface area contributed by atoms with Crippen molar-refractivity contribution in [2.24, 2.45) is 0 Å². The molecule has 0 aliphatic carbocycles. The molecule has 0 saturated heterocycles. The van der Waals surface area contributed by atoms with E-state index in [2.05, 4.69) is 2.84 Å². The molecule has 0 spiro atoms. The molecule has 0 radical (unpaired) electrons. The van der Waals surface area contributed by atoms with Crippen molar-refractivity contribution in [1.82, 2.24) is 6.15 Å². The molecule has 64 valence electrons. The zero-order valence-corrected chi connectivity index (χ0v) is 10.2. The van der Waals surface area contributed by atoms with Crippen molar-refractivity contribution < 1.29 is 83.2 Å². The van der Waals surface area contributed by atoms with Gasteiger partial charge < -0.3 is 6.15 Å². The van der Waals surface area contributed by atoms with Gasteiger partial charge in [-0.3, -0.25) is 0 Å². The summed E-state index contributed by atoms with van der Waals surface area (Å²) in [6.07, 6.45) is 0. The fourth-order valence-electron chi connectivity index (χ4n) is 0.102. The fraction of sp³-hybridized carbons (Fsp3) is 0. The van der Waals surface area contributed by atoms with Crippen molar-refractivity contribution >= 4 is 0 Å². The Balaban J connectivity index is -0.000000320. The van der Waals surface area contributed by atoms with E-state index in [1.165, 1.54) is 0 Å². The average Bonchev–Trinajstić information content (AvgIpc) is 1.14. The molecule has 0 rings (SSSR count). The second-order valence-corrected chi connectivity index (χ2v) is 4.52. The van der Waals surface area contributed by atoms with Crippen LogP contribution in [0.3, 0.4) is 0 Å². The van der Waals surface area contributed by atoms with Crippen molar-refractivity contribution in [3.8, 4) is 0 Å². The van der Waals surface area contributed by atoms with Crippen LogP contribution in [0.25, 0.3) is 0 Å². The van der Waals surface area contributed by atoms with E-state index < -0.39 is 27.2 Å². The Morgan fingerprint density at radius 3 is 1.09 bits per heavy atom. The van der Waals surface area contributed by atoms with E-state index in [4.69, 9.17) is 0 Å². The van der Waals surface area contributed by atoms with Crippen LogP contribution in [-0.2, 0) is 45.3 Å². The minimum absolute atomic E-state index is 0. The molecule has 11 heavy (non-hydrogen) atoms. The van der Waals surface area contributed by atoms with Gasteiger partial charge >= 0.3 is 83.2 Å². The first-order valence-electron chi connectivity index (χ1n) is 1.33. The molecule has 0 aromatic carbocycles. The van der Waals surface area contributed by atoms with Gasteiger partial charge in [-0.1, -0.05) is 0 Å². The zero-order valence-electron chi connectivity index (χ0n) is 5.67. The first kappa shape index (κ1) is 18.0. The van der Waals surface area contributed by atoms with Gasteiger partial charge in [0.15, 0.2) is 0 Å². The number of hydrogen-bond acceptors (Lipinski definition) is 7. The molecular formula is H4Cr2NNaO7. The molecule has 11 heteroatoms. The van der Waals surface area contributed by atoms with Crippen LogP contribution in [0.2, 0.25) is 0 Å². The third-order valence-corrected chi connectivity index (χ3v) is 2.83. The van der Waals surface area contributed by atoms with Gasteiger partial charge in [0.2, 0.25) is 0 Å². The van der Waals surface area contributed by atoms with E-state index in [1.807, 2.05) is 0 Å². The van der Waals surface area contributed by atoms with Crippen molar-refractivity contribution in [3.63, 3.8) is 0 Å². The molecule has 0 heterocycles. The predicted octanol–water partition coefficient (Wildman–Crippen LogP) is -5.55. The second-order valence-electron chi connectivity index (χ2n) is 0.885. The quantitative estimate of drug-likeness (QED) is 0.482. The number of quaternary nitrogens is 1. The summed E-state index contributed by atoms with van der Waals surface area (Å²) in [7, 11) is 0. The van der Waals surface area contributed by atoms with E-state index >= 15 is 0 Å². The SMILES string of the molecule is [NH4+].[Na+].[O]=[Cr](=[O])([O-])[O][Cr](=[O])(=[O])[O-]. The van der Waals surface area contributed by atoms with Crippen LogP contribution < -0.4 is 44.0 Å². The van der Waals surface area contributed by atoms with E-state index in [1.54, 1.807) is 0 Å². The molecule has 0 atom stereocenters. The Bertz CT molecular complexity index is 242. The van der Waals surface area contributed by atoms with Crippen LogP contribution in [0.5, 0.6) is 0 Å².